The van der Waals surface area contributed by atoms with Crippen LogP contribution in [0.2, 0.25) is 0 Å². The first-order valence-corrected chi connectivity index (χ1v) is 9.48. The van der Waals surface area contributed by atoms with E-state index >= 15 is 0 Å². The van der Waals surface area contributed by atoms with Crippen LogP contribution in [0, 0.1) is 0 Å². The Morgan fingerprint density at radius 1 is 1.07 bits per heavy atom. The zero-order chi connectivity index (χ0) is 19.5. The Morgan fingerprint density at radius 2 is 1.79 bits per heavy atom. The fraction of sp³-hybridized carbons (Fsp3) is 0.0952. The van der Waals surface area contributed by atoms with Crippen LogP contribution in [-0.4, -0.2) is 33.0 Å². The smallest absolute Gasteiger partial charge is 0.309 e. The molecule has 140 valence electrons. The van der Waals surface area contributed by atoms with Gasteiger partial charge in [0.05, 0.1) is 24.9 Å². The normalized spacial score (nSPS) is 10.8. The zero-order valence-corrected chi connectivity index (χ0v) is 15.9. The quantitative estimate of drug-likeness (QED) is 0.519. The predicted octanol–water partition coefficient (Wildman–Crippen LogP) is 4.08. The summed E-state index contributed by atoms with van der Waals surface area (Å²) in [5.74, 6) is -0.236. The van der Waals surface area contributed by atoms with Gasteiger partial charge in [0.2, 0.25) is 11.0 Å². The Kier molecular flexibility index (Phi) is 4.90. The van der Waals surface area contributed by atoms with Crippen LogP contribution in [0.25, 0.3) is 27.6 Å². The molecule has 0 fully saturated rings. The third-order valence-corrected chi connectivity index (χ3v) is 5.08. The lowest BCUT2D eigenvalue weighted by Gasteiger charge is -2.02. The van der Waals surface area contributed by atoms with Gasteiger partial charge >= 0.3 is 5.97 Å². The second-order valence-electron chi connectivity index (χ2n) is 6.13. The molecule has 0 atom stereocenters. The van der Waals surface area contributed by atoms with Gasteiger partial charge in [0.1, 0.15) is 0 Å². The molecule has 0 saturated heterocycles. The first-order valence-electron chi connectivity index (χ1n) is 8.60. The van der Waals surface area contributed by atoms with Crippen molar-refractivity contribution in [2.75, 3.05) is 7.11 Å². The molecule has 2 heterocycles. The number of carbonyl (C=O) groups excluding carboxylic acids is 1. The van der Waals surface area contributed by atoms with E-state index in [-0.39, 0.29) is 18.3 Å². The molecular formula is C21H17N3O3S. The van der Waals surface area contributed by atoms with Crippen molar-refractivity contribution in [2.24, 2.45) is 0 Å². The van der Waals surface area contributed by atoms with Crippen molar-refractivity contribution in [3.05, 3.63) is 71.6 Å². The first-order chi connectivity index (χ1) is 13.6. The molecule has 28 heavy (non-hydrogen) atoms. The second-order valence-corrected chi connectivity index (χ2v) is 6.97. The number of aromatic nitrogens is 3. The third kappa shape index (κ3) is 3.65. The maximum atomic E-state index is 11.4. The number of thiazole rings is 1. The molecule has 0 unspecified atom stereocenters. The van der Waals surface area contributed by atoms with Crippen molar-refractivity contribution in [1.82, 2.24) is 14.8 Å². The van der Waals surface area contributed by atoms with Crippen LogP contribution in [0.15, 0.2) is 66.0 Å². The topological polar surface area (TPSA) is 77.2 Å². The molecular weight excluding hydrogens is 374 g/mol. The molecule has 2 aromatic heterocycles. The number of rotatable bonds is 5. The largest absolute Gasteiger partial charge is 0.493 e. The Labute approximate surface area is 165 Å². The third-order valence-electron chi connectivity index (χ3n) is 4.26. The molecule has 4 rings (SSSR count). The van der Waals surface area contributed by atoms with Crippen molar-refractivity contribution in [3.8, 4) is 33.5 Å². The van der Waals surface area contributed by atoms with Crippen LogP contribution in [-0.2, 0) is 16.0 Å². The van der Waals surface area contributed by atoms with Crippen LogP contribution in [0.5, 0.6) is 5.88 Å². The number of hydrogen-bond acceptors (Lipinski definition) is 6. The van der Waals surface area contributed by atoms with Crippen molar-refractivity contribution >= 4 is 17.3 Å². The zero-order valence-electron chi connectivity index (χ0n) is 15.1. The highest BCUT2D eigenvalue weighted by atomic mass is 32.1. The molecule has 7 heteroatoms. The lowest BCUT2D eigenvalue weighted by atomic mass is 10.1. The monoisotopic (exact) mass is 391 g/mol. The molecule has 0 amide bonds. The molecule has 0 radical (unpaired) electrons. The maximum absolute atomic E-state index is 11.4. The highest BCUT2D eigenvalue weighted by Crippen LogP contribution is 2.29. The van der Waals surface area contributed by atoms with Crippen LogP contribution >= 0.6 is 11.3 Å². The van der Waals surface area contributed by atoms with Crippen LogP contribution in [0.1, 0.15) is 5.56 Å². The molecule has 4 aromatic rings. The number of hydrogen-bond donors (Lipinski definition) is 1. The lowest BCUT2D eigenvalue weighted by Crippen LogP contribution is -2.04. The minimum absolute atomic E-state index is 0.0354. The van der Waals surface area contributed by atoms with Gasteiger partial charge in [-0.25, -0.2) is 4.98 Å². The van der Waals surface area contributed by atoms with Gasteiger partial charge in [-0.15, -0.1) is 11.3 Å². The molecule has 0 aliphatic heterocycles. The molecule has 0 bridgehead atoms. The van der Waals surface area contributed by atoms with E-state index in [2.05, 4.69) is 14.8 Å². The summed E-state index contributed by atoms with van der Waals surface area (Å²) >= 11 is 1.39. The van der Waals surface area contributed by atoms with Gasteiger partial charge in [-0.05, 0) is 5.56 Å². The molecule has 0 aliphatic carbocycles. The summed E-state index contributed by atoms with van der Waals surface area (Å²) in [6.45, 7) is 0. The minimum Gasteiger partial charge on any atom is -0.493 e. The molecule has 6 nitrogen and oxygen atoms in total. The SMILES string of the molecule is COC(=O)Cc1ccc(-c2csc(-n3nc(-c4ccccc4)cc3O)n2)cc1. The average molecular weight is 391 g/mol. The van der Waals surface area contributed by atoms with Crippen molar-refractivity contribution in [3.63, 3.8) is 0 Å². The average Bonchev–Trinajstić information content (AvgIpc) is 3.36. The number of methoxy groups -OCH3 is 1. The van der Waals surface area contributed by atoms with Crippen LogP contribution < -0.4 is 0 Å². The Hall–Kier alpha value is -3.45. The van der Waals surface area contributed by atoms with E-state index in [1.54, 1.807) is 6.07 Å². The molecule has 0 spiro atoms. The lowest BCUT2D eigenvalue weighted by molar-refractivity contribution is -0.139. The van der Waals surface area contributed by atoms with E-state index in [0.717, 1.165) is 22.4 Å². The molecule has 0 saturated carbocycles. The standard InChI is InChI=1S/C21H17N3O3S/c1-27-20(26)11-14-7-9-16(10-8-14)18-13-28-21(22-18)24-19(25)12-17(23-24)15-5-3-2-4-6-15/h2-10,12-13,25H,11H2,1H3. The summed E-state index contributed by atoms with van der Waals surface area (Å²) in [6.07, 6.45) is 0.239. The van der Waals surface area contributed by atoms with Crippen molar-refractivity contribution < 1.29 is 14.6 Å². The Bertz CT molecular complexity index is 1100. The summed E-state index contributed by atoms with van der Waals surface area (Å²) in [6, 6.07) is 18.9. The van der Waals surface area contributed by atoms with E-state index in [0.29, 0.717) is 10.8 Å². The fourth-order valence-corrected chi connectivity index (χ4v) is 3.58. The van der Waals surface area contributed by atoms with Crippen LogP contribution in [0.3, 0.4) is 0 Å². The van der Waals surface area contributed by atoms with Gasteiger partial charge in [-0.1, -0.05) is 54.6 Å². The van der Waals surface area contributed by atoms with E-state index in [1.165, 1.54) is 23.1 Å². The fourth-order valence-electron chi connectivity index (χ4n) is 2.79. The van der Waals surface area contributed by atoms with Crippen molar-refractivity contribution in [1.29, 1.82) is 0 Å². The summed E-state index contributed by atoms with van der Waals surface area (Å²) in [5.41, 5.74) is 4.19. The van der Waals surface area contributed by atoms with E-state index in [4.69, 9.17) is 0 Å². The molecule has 0 aliphatic rings. The number of benzene rings is 2. The highest BCUT2D eigenvalue weighted by Gasteiger charge is 2.14. The number of aromatic hydroxyl groups is 1. The van der Waals surface area contributed by atoms with E-state index in [9.17, 15) is 9.90 Å². The Balaban J connectivity index is 1.58. The van der Waals surface area contributed by atoms with Gasteiger partial charge in [-0.3, -0.25) is 4.79 Å². The van der Waals surface area contributed by atoms with E-state index in [1.807, 2.05) is 60.0 Å². The second kappa shape index (κ2) is 7.66. The summed E-state index contributed by atoms with van der Waals surface area (Å²) in [4.78, 5) is 16.0. The van der Waals surface area contributed by atoms with Crippen LogP contribution in [0.4, 0.5) is 0 Å². The van der Waals surface area contributed by atoms with E-state index < -0.39 is 0 Å². The van der Waals surface area contributed by atoms with Crippen molar-refractivity contribution in [2.45, 2.75) is 6.42 Å². The van der Waals surface area contributed by atoms with Gasteiger partial charge in [-0.2, -0.15) is 9.78 Å². The molecule has 1 N–H and O–H groups in total. The first kappa shape index (κ1) is 17.9. The minimum atomic E-state index is -0.271. The number of carbonyl (C=O) groups is 1. The molecule has 2 aromatic carbocycles. The Morgan fingerprint density at radius 3 is 2.50 bits per heavy atom. The van der Waals surface area contributed by atoms with Gasteiger partial charge < -0.3 is 9.84 Å². The van der Waals surface area contributed by atoms with Gasteiger partial charge in [0.25, 0.3) is 0 Å². The number of nitrogens with zero attached hydrogens (tertiary/aromatic N) is 3. The highest BCUT2D eigenvalue weighted by molar-refractivity contribution is 7.12. The summed E-state index contributed by atoms with van der Waals surface area (Å²) < 4.78 is 6.12. The summed E-state index contributed by atoms with van der Waals surface area (Å²) in [7, 11) is 1.38. The number of ether oxygens (including phenoxy) is 1. The van der Waals surface area contributed by atoms with Gasteiger partial charge in [0, 0.05) is 22.6 Å². The number of esters is 1. The summed E-state index contributed by atoms with van der Waals surface area (Å²) in [5, 5.41) is 17.3. The predicted molar refractivity (Wildman–Crippen MR) is 107 cm³/mol. The van der Waals surface area contributed by atoms with Gasteiger partial charge in [0.15, 0.2) is 0 Å². The maximum Gasteiger partial charge on any atom is 0.309 e.